The van der Waals surface area contributed by atoms with Gasteiger partial charge in [0, 0.05) is 9.50 Å². The van der Waals surface area contributed by atoms with E-state index >= 15 is 0 Å². The van der Waals surface area contributed by atoms with Gasteiger partial charge in [0.2, 0.25) is 0 Å². The van der Waals surface area contributed by atoms with Crippen LogP contribution in [0.25, 0.3) is 38.9 Å². The molecule has 142 valence electrons. The van der Waals surface area contributed by atoms with E-state index in [4.69, 9.17) is 4.11 Å². The van der Waals surface area contributed by atoms with Crippen LogP contribution in [0.1, 0.15) is 20.8 Å². The minimum Gasteiger partial charge on any atom is -0.225 e. The predicted octanol–water partition coefficient (Wildman–Crippen LogP) is 6.20. The van der Waals surface area contributed by atoms with Crippen LogP contribution in [0, 0.1) is 20.7 Å². The number of rotatable bonds is 2. The predicted molar refractivity (Wildman–Crippen MR) is 122 cm³/mol. The van der Waals surface area contributed by atoms with Crippen molar-refractivity contribution >= 4 is 21.8 Å². The monoisotopic (exact) mass is 380 g/mol. The van der Waals surface area contributed by atoms with Gasteiger partial charge in [-0.15, -0.1) is 0 Å². The highest BCUT2D eigenvalue weighted by molar-refractivity contribution is 6.03. The van der Waals surface area contributed by atoms with Crippen LogP contribution in [0.15, 0.2) is 78.9 Å². The van der Waals surface area contributed by atoms with Gasteiger partial charge in [0.15, 0.2) is 11.0 Å². The molecule has 29 heavy (non-hydrogen) atoms. The van der Waals surface area contributed by atoms with Gasteiger partial charge in [0.1, 0.15) is 5.69 Å². The summed E-state index contributed by atoms with van der Waals surface area (Å²) in [5.41, 5.74) is 6.31. The molecule has 0 unspecified atom stereocenters. The number of hydrogen-bond acceptors (Lipinski definition) is 0. The van der Waals surface area contributed by atoms with Crippen molar-refractivity contribution in [1.82, 2.24) is 4.57 Å². The molecule has 2 nitrogen and oxygen atoms in total. The standard InChI is InChI=1S/C27H25N2/c1-18-10-5-7-14-22(18)27-28(4)24-17-16-21-13-6-8-15-23(21)26(24)29(27)25-19(2)11-9-12-20(25)3/h5-17H,1-4H3/q+1/i2D3. The maximum Gasteiger partial charge on any atom is 0.295 e. The minimum atomic E-state index is -2.23. The summed E-state index contributed by atoms with van der Waals surface area (Å²) in [4.78, 5) is 0. The summed E-state index contributed by atoms with van der Waals surface area (Å²) in [6.45, 7) is 1.85. The summed E-state index contributed by atoms with van der Waals surface area (Å²) >= 11 is 0. The molecule has 0 bridgehead atoms. The van der Waals surface area contributed by atoms with Gasteiger partial charge in [-0.3, -0.25) is 0 Å². The Balaban J connectivity index is 2.07. The molecular formula is C27H25N2+. The Kier molecular flexibility index (Phi) is 3.32. The summed E-state index contributed by atoms with van der Waals surface area (Å²) in [5, 5.41) is 2.22. The van der Waals surface area contributed by atoms with E-state index in [9.17, 15) is 0 Å². The second-order valence-electron chi connectivity index (χ2n) is 7.66. The van der Waals surface area contributed by atoms with Crippen molar-refractivity contribution in [3.63, 3.8) is 0 Å². The number of hydrogen-bond donors (Lipinski definition) is 0. The molecule has 2 heteroatoms. The van der Waals surface area contributed by atoms with Gasteiger partial charge in [-0.25, -0.2) is 4.57 Å². The molecular weight excluding hydrogens is 352 g/mol. The molecule has 0 aliphatic heterocycles. The van der Waals surface area contributed by atoms with Gasteiger partial charge in [0.25, 0.3) is 5.82 Å². The average molecular weight is 381 g/mol. The molecule has 1 aromatic heterocycles. The Morgan fingerprint density at radius 3 is 2.31 bits per heavy atom. The molecule has 0 N–H and O–H groups in total. The summed E-state index contributed by atoms with van der Waals surface area (Å²) in [6, 6.07) is 26.4. The van der Waals surface area contributed by atoms with Gasteiger partial charge < -0.3 is 0 Å². The van der Waals surface area contributed by atoms with E-state index in [2.05, 4.69) is 59.5 Å². The van der Waals surface area contributed by atoms with Gasteiger partial charge in [-0.05, 0) is 67.0 Å². The lowest BCUT2D eigenvalue weighted by molar-refractivity contribution is -0.555. The lowest BCUT2D eigenvalue weighted by Crippen LogP contribution is -2.35. The summed E-state index contributed by atoms with van der Waals surface area (Å²) < 4.78 is 29.1. The van der Waals surface area contributed by atoms with Gasteiger partial charge in [-0.1, -0.05) is 54.6 Å². The first-order valence-corrected chi connectivity index (χ1v) is 9.87. The lowest BCUT2D eigenvalue weighted by Gasteiger charge is -2.11. The third-order valence-electron chi connectivity index (χ3n) is 5.84. The maximum absolute atomic E-state index is 8.27. The Labute approximate surface area is 175 Å². The highest BCUT2D eigenvalue weighted by Crippen LogP contribution is 2.32. The molecule has 0 spiro atoms. The van der Waals surface area contributed by atoms with E-state index in [1.165, 1.54) is 0 Å². The van der Waals surface area contributed by atoms with Crippen LogP contribution in [0.4, 0.5) is 0 Å². The van der Waals surface area contributed by atoms with E-state index in [0.717, 1.165) is 50.0 Å². The SMILES string of the molecule is [2H]C([2H])([2H])c1cccc(C)c1-[n+]1c(-c2ccccc2C)n(C)c2ccc3ccccc3c21. The second-order valence-corrected chi connectivity index (χ2v) is 7.66. The first-order chi connectivity index (χ1) is 15.3. The van der Waals surface area contributed by atoms with Gasteiger partial charge >= 0.3 is 0 Å². The number of aryl methyl sites for hydroxylation is 4. The smallest absolute Gasteiger partial charge is 0.225 e. The minimum absolute atomic E-state index is 0.359. The zero-order valence-electron chi connectivity index (χ0n) is 19.9. The molecule has 5 aromatic rings. The molecule has 5 rings (SSSR count). The van der Waals surface area contributed by atoms with Crippen molar-refractivity contribution < 1.29 is 8.68 Å². The molecule has 0 saturated carbocycles. The van der Waals surface area contributed by atoms with Crippen LogP contribution >= 0.6 is 0 Å². The second kappa shape index (κ2) is 6.59. The third-order valence-corrected chi connectivity index (χ3v) is 5.84. The van der Waals surface area contributed by atoms with Crippen molar-refractivity contribution in [3.05, 3.63) is 95.6 Å². The topological polar surface area (TPSA) is 8.81 Å². The summed E-state index contributed by atoms with van der Waals surface area (Å²) in [7, 11) is 2.06. The van der Waals surface area contributed by atoms with Crippen molar-refractivity contribution in [2.75, 3.05) is 0 Å². The number of aromatic nitrogens is 2. The first kappa shape index (κ1) is 14.6. The van der Waals surface area contributed by atoms with Crippen LogP contribution in [0.5, 0.6) is 0 Å². The summed E-state index contributed by atoms with van der Waals surface area (Å²) in [5.74, 6) is 0.967. The highest BCUT2D eigenvalue weighted by Gasteiger charge is 2.29. The van der Waals surface area contributed by atoms with Crippen LogP contribution < -0.4 is 4.57 Å². The Hall–Kier alpha value is -3.39. The van der Waals surface area contributed by atoms with Crippen LogP contribution in [-0.2, 0) is 7.05 Å². The number of benzene rings is 4. The molecule has 0 aliphatic rings. The Bertz CT molecular complexity index is 1490. The molecule has 0 aliphatic carbocycles. The fourth-order valence-corrected chi connectivity index (χ4v) is 4.42. The third kappa shape index (κ3) is 2.60. The van der Waals surface area contributed by atoms with Crippen molar-refractivity contribution in [2.24, 2.45) is 7.05 Å². The van der Waals surface area contributed by atoms with Crippen LogP contribution in [-0.4, -0.2) is 4.57 Å². The zero-order chi connectivity index (χ0) is 22.6. The Morgan fingerprint density at radius 1 is 0.759 bits per heavy atom. The number of para-hydroxylation sites is 1. The van der Waals surface area contributed by atoms with E-state index in [1.54, 1.807) is 6.07 Å². The fourth-order valence-electron chi connectivity index (χ4n) is 4.42. The van der Waals surface area contributed by atoms with E-state index in [-0.39, 0.29) is 0 Å². The average Bonchev–Trinajstić information content (AvgIpc) is 3.06. The van der Waals surface area contributed by atoms with E-state index < -0.39 is 6.85 Å². The van der Waals surface area contributed by atoms with Crippen LogP contribution in [0.2, 0.25) is 0 Å². The van der Waals surface area contributed by atoms with Crippen LogP contribution in [0.3, 0.4) is 0 Å². The van der Waals surface area contributed by atoms with Gasteiger partial charge in [-0.2, -0.15) is 4.57 Å². The first-order valence-electron chi connectivity index (χ1n) is 11.4. The van der Waals surface area contributed by atoms with Crippen molar-refractivity contribution in [2.45, 2.75) is 20.7 Å². The van der Waals surface area contributed by atoms with E-state index in [0.29, 0.717) is 5.56 Å². The highest BCUT2D eigenvalue weighted by atomic mass is 15.2. The molecule has 0 atom stereocenters. The number of imidazole rings is 1. The largest absolute Gasteiger partial charge is 0.295 e. The summed E-state index contributed by atoms with van der Waals surface area (Å²) in [6.07, 6.45) is 0. The maximum atomic E-state index is 8.27. The normalized spacial score (nSPS) is 13.4. The lowest BCUT2D eigenvalue weighted by atomic mass is 10.0. The molecule has 0 radical (unpaired) electrons. The molecule has 0 amide bonds. The molecule has 1 heterocycles. The van der Waals surface area contributed by atoms with Crippen molar-refractivity contribution in [3.8, 4) is 17.1 Å². The molecule has 0 fully saturated rings. The fraction of sp³-hybridized carbons (Fsp3) is 0.148. The number of fused-ring (bicyclic) bond motifs is 3. The molecule has 0 saturated heterocycles. The zero-order valence-corrected chi connectivity index (χ0v) is 16.9. The quantitative estimate of drug-likeness (QED) is 0.322. The number of nitrogens with zero attached hydrogens (tertiary/aromatic N) is 2. The molecule has 4 aromatic carbocycles. The Morgan fingerprint density at radius 2 is 1.48 bits per heavy atom. The van der Waals surface area contributed by atoms with Gasteiger partial charge in [0.05, 0.1) is 12.6 Å². The van der Waals surface area contributed by atoms with Crippen molar-refractivity contribution in [1.29, 1.82) is 0 Å². The van der Waals surface area contributed by atoms with E-state index in [1.807, 2.05) is 43.3 Å².